The predicted octanol–water partition coefficient (Wildman–Crippen LogP) is 4.81. The summed E-state index contributed by atoms with van der Waals surface area (Å²) in [5, 5.41) is 10.9. The molecule has 0 saturated carbocycles. The zero-order chi connectivity index (χ0) is 19.6. The Morgan fingerprint density at radius 2 is 1.61 bits per heavy atom. The van der Waals surface area contributed by atoms with Gasteiger partial charge in [0.1, 0.15) is 5.76 Å². The number of azo groups is 1. The number of rotatable bonds is 8. The number of furan rings is 1. The van der Waals surface area contributed by atoms with Crippen molar-refractivity contribution < 1.29 is 18.7 Å². The molecule has 2 aromatic carbocycles. The third-order valence-electron chi connectivity index (χ3n) is 3.71. The van der Waals surface area contributed by atoms with Crippen molar-refractivity contribution in [3.63, 3.8) is 0 Å². The first-order valence-electron chi connectivity index (χ1n) is 8.74. The van der Waals surface area contributed by atoms with E-state index in [4.69, 9.17) is 9.15 Å². The fourth-order valence-corrected chi connectivity index (χ4v) is 2.32. The van der Waals surface area contributed by atoms with E-state index in [1.165, 1.54) is 0 Å². The van der Waals surface area contributed by atoms with Gasteiger partial charge in [0.15, 0.2) is 6.61 Å². The van der Waals surface area contributed by atoms with Crippen LogP contribution in [0.4, 0.5) is 17.1 Å². The lowest BCUT2D eigenvalue weighted by Gasteiger charge is -2.06. The summed E-state index contributed by atoms with van der Waals surface area (Å²) < 4.78 is 10.1. The van der Waals surface area contributed by atoms with Crippen molar-refractivity contribution in [2.45, 2.75) is 12.8 Å². The average molecular weight is 377 g/mol. The van der Waals surface area contributed by atoms with Crippen molar-refractivity contribution in [3.8, 4) is 0 Å². The molecular formula is C21H19N3O4. The van der Waals surface area contributed by atoms with Crippen molar-refractivity contribution in [1.29, 1.82) is 0 Å². The minimum Gasteiger partial charge on any atom is -0.469 e. The van der Waals surface area contributed by atoms with Crippen LogP contribution in [0.15, 0.2) is 87.6 Å². The Balaban J connectivity index is 1.41. The summed E-state index contributed by atoms with van der Waals surface area (Å²) in [5.74, 6) is -0.167. The number of hydrogen-bond donors (Lipinski definition) is 1. The molecule has 7 nitrogen and oxygen atoms in total. The highest BCUT2D eigenvalue weighted by molar-refractivity contribution is 5.92. The van der Waals surface area contributed by atoms with Gasteiger partial charge in [-0.25, -0.2) is 0 Å². The average Bonchev–Trinajstić information content (AvgIpc) is 3.25. The summed E-state index contributed by atoms with van der Waals surface area (Å²) in [6.45, 7) is -0.341. The molecule has 0 bridgehead atoms. The quantitative estimate of drug-likeness (QED) is 0.450. The monoisotopic (exact) mass is 377 g/mol. The molecule has 0 fully saturated rings. The van der Waals surface area contributed by atoms with Crippen LogP contribution in [0.1, 0.15) is 12.2 Å². The molecule has 0 spiro atoms. The summed E-state index contributed by atoms with van der Waals surface area (Å²) in [7, 11) is 0. The fourth-order valence-electron chi connectivity index (χ4n) is 2.32. The number of anilines is 1. The maximum absolute atomic E-state index is 11.9. The zero-order valence-corrected chi connectivity index (χ0v) is 15.1. The highest BCUT2D eigenvalue weighted by atomic mass is 16.5. The maximum Gasteiger partial charge on any atom is 0.306 e. The standard InChI is InChI=1S/C21H19N3O4/c25-20(15-28-21(26)13-12-19-7-4-14-27-19)22-16-8-10-18(11-9-16)24-23-17-5-2-1-3-6-17/h1-11,14H,12-13,15H2,(H,22,25). The molecular weight excluding hydrogens is 358 g/mol. The molecule has 0 aliphatic carbocycles. The van der Waals surface area contributed by atoms with E-state index in [0.29, 0.717) is 23.6 Å². The van der Waals surface area contributed by atoms with Crippen molar-refractivity contribution in [3.05, 3.63) is 78.8 Å². The van der Waals surface area contributed by atoms with Gasteiger partial charge in [-0.15, -0.1) is 0 Å². The number of esters is 1. The van der Waals surface area contributed by atoms with Crippen LogP contribution in [0.3, 0.4) is 0 Å². The van der Waals surface area contributed by atoms with Crippen LogP contribution in [0.5, 0.6) is 0 Å². The molecule has 142 valence electrons. The number of nitrogens with one attached hydrogen (secondary N) is 1. The Labute approximate surface area is 162 Å². The van der Waals surface area contributed by atoms with Crippen LogP contribution in [0, 0.1) is 0 Å². The second-order valence-corrected chi connectivity index (χ2v) is 5.87. The van der Waals surface area contributed by atoms with Crippen molar-refractivity contribution in [1.82, 2.24) is 0 Å². The molecule has 0 saturated heterocycles. The molecule has 3 aromatic rings. The van der Waals surface area contributed by atoms with Gasteiger partial charge in [-0.3, -0.25) is 9.59 Å². The van der Waals surface area contributed by atoms with Crippen LogP contribution in [-0.4, -0.2) is 18.5 Å². The molecule has 3 rings (SSSR count). The molecule has 0 unspecified atom stereocenters. The van der Waals surface area contributed by atoms with Crippen LogP contribution in [-0.2, 0) is 20.7 Å². The molecule has 1 amide bonds. The van der Waals surface area contributed by atoms with E-state index < -0.39 is 11.9 Å². The fraction of sp³-hybridized carbons (Fsp3) is 0.143. The summed E-state index contributed by atoms with van der Waals surface area (Å²) in [4.78, 5) is 23.6. The largest absolute Gasteiger partial charge is 0.469 e. The Kier molecular flexibility index (Phi) is 6.67. The number of carbonyl (C=O) groups excluding carboxylic acids is 2. The number of ether oxygens (including phenoxy) is 1. The van der Waals surface area contributed by atoms with Gasteiger partial charge in [-0.1, -0.05) is 18.2 Å². The smallest absolute Gasteiger partial charge is 0.306 e. The molecule has 1 heterocycles. The molecule has 0 aliphatic rings. The molecule has 1 aromatic heterocycles. The molecule has 1 N–H and O–H groups in total. The van der Waals surface area contributed by atoms with Crippen molar-refractivity contribution >= 4 is 28.9 Å². The van der Waals surface area contributed by atoms with Gasteiger partial charge >= 0.3 is 5.97 Å². The lowest BCUT2D eigenvalue weighted by molar-refractivity contribution is -0.147. The lowest BCUT2D eigenvalue weighted by atomic mass is 10.2. The first-order chi connectivity index (χ1) is 13.7. The Morgan fingerprint density at radius 3 is 2.29 bits per heavy atom. The Hall–Kier alpha value is -3.74. The van der Waals surface area contributed by atoms with E-state index >= 15 is 0 Å². The minimum absolute atomic E-state index is 0.155. The number of hydrogen-bond acceptors (Lipinski definition) is 6. The van der Waals surface area contributed by atoms with Gasteiger partial charge in [0.25, 0.3) is 5.91 Å². The number of benzene rings is 2. The molecule has 0 atom stereocenters. The third-order valence-corrected chi connectivity index (χ3v) is 3.71. The van der Waals surface area contributed by atoms with Crippen LogP contribution in [0.25, 0.3) is 0 Å². The van der Waals surface area contributed by atoms with E-state index in [-0.39, 0.29) is 13.0 Å². The van der Waals surface area contributed by atoms with Gasteiger partial charge in [0.05, 0.1) is 24.1 Å². The van der Waals surface area contributed by atoms with Crippen molar-refractivity contribution in [2.75, 3.05) is 11.9 Å². The first-order valence-corrected chi connectivity index (χ1v) is 8.74. The van der Waals surface area contributed by atoms with Gasteiger partial charge in [0, 0.05) is 12.1 Å². The van der Waals surface area contributed by atoms with Crippen LogP contribution >= 0.6 is 0 Å². The highest BCUT2D eigenvalue weighted by Crippen LogP contribution is 2.20. The zero-order valence-electron chi connectivity index (χ0n) is 15.1. The number of aryl methyl sites for hydroxylation is 1. The predicted molar refractivity (Wildman–Crippen MR) is 104 cm³/mol. The normalized spacial score (nSPS) is 10.7. The SMILES string of the molecule is O=C(COC(=O)CCc1ccco1)Nc1ccc(N=Nc2ccccc2)cc1. The number of amides is 1. The van der Waals surface area contributed by atoms with E-state index in [0.717, 1.165) is 5.69 Å². The van der Waals surface area contributed by atoms with Crippen LogP contribution < -0.4 is 5.32 Å². The topological polar surface area (TPSA) is 93.3 Å². The summed E-state index contributed by atoms with van der Waals surface area (Å²) in [6, 6.07) is 19.8. The minimum atomic E-state index is -0.455. The maximum atomic E-state index is 11.9. The second-order valence-electron chi connectivity index (χ2n) is 5.87. The summed E-state index contributed by atoms with van der Waals surface area (Å²) >= 11 is 0. The first kappa shape index (κ1) is 19.0. The molecule has 0 aliphatic heterocycles. The summed E-state index contributed by atoms with van der Waals surface area (Å²) in [5.41, 5.74) is 2.00. The molecule has 7 heteroatoms. The second kappa shape index (κ2) is 9.82. The van der Waals surface area contributed by atoms with Gasteiger partial charge < -0.3 is 14.5 Å². The Bertz CT molecular complexity index is 920. The highest BCUT2D eigenvalue weighted by Gasteiger charge is 2.09. The van der Waals surface area contributed by atoms with Crippen molar-refractivity contribution in [2.24, 2.45) is 10.2 Å². The van der Waals surface area contributed by atoms with Crippen LogP contribution in [0.2, 0.25) is 0 Å². The number of nitrogens with zero attached hydrogens (tertiary/aromatic N) is 2. The van der Waals surface area contributed by atoms with E-state index in [9.17, 15) is 9.59 Å². The Morgan fingerprint density at radius 1 is 0.893 bits per heavy atom. The van der Waals surface area contributed by atoms with Gasteiger partial charge in [-0.2, -0.15) is 10.2 Å². The van der Waals surface area contributed by atoms with E-state index in [1.807, 2.05) is 30.3 Å². The molecule has 0 radical (unpaired) electrons. The van der Waals surface area contributed by atoms with Gasteiger partial charge in [-0.05, 0) is 48.5 Å². The summed E-state index contributed by atoms with van der Waals surface area (Å²) in [6.07, 6.45) is 2.14. The lowest BCUT2D eigenvalue weighted by Crippen LogP contribution is -2.20. The number of carbonyl (C=O) groups is 2. The molecule has 28 heavy (non-hydrogen) atoms. The van der Waals surface area contributed by atoms with E-state index in [1.54, 1.807) is 42.7 Å². The third kappa shape index (κ3) is 6.21. The van der Waals surface area contributed by atoms with E-state index in [2.05, 4.69) is 15.5 Å². The van der Waals surface area contributed by atoms with Gasteiger partial charge in [0.2, 0.25) is 0 Å².